The lowest BCUT2D eigenvalue weighted by Gasteiger charge is -2.16. The summed E-state index contributed by atoms with van der Waals surface area (Å²) in [5, 5.41) is 14.5. The Balaban J connectivity index is 1.57. The summed E-state index contributed by atoms with van der Waals surface area (Å²) in [5.74, 6) is 3.00. The highest BCUT2D eigenvalue weighted by molar-refractivity contribution is 5.94. The molecule has 1 aromatic carbocycles. The molecular weight excluding hydrogens is 450 g/mol. The summed E-state index contributed by atoms with van der Waals surface area (Å²) in [6, 6.07) is 5.68. The van der Waals surface area contributed by atoms with Crippen molar-refractivity contribution in [2.75, 3.05) is 71.4 Å². The number of aromatic amines is 1. The third kappa shape index (κ3) is 6.71. The first-order valence-electron chi connectivity index (χ1n) is 12.0. The van der Waals surface area contributed by atoms with Crippen LogP contribution in [0, 0.1) is 0 Å². The van der Waals surface area contributed by atoms with E-state index in [0.717, 1.165) is 29.6 Å². The number of hydrogen-bond acceptors (Lipinski definition) is 10. The highest BCUT2D eigenvalue weighted by atomic mass is 16.5. The number of ether oxygens (including phenoxy) is 4. The van der Waals surface area contributed by atoms with Gasteiger partial charge in [0.2, 0.25) is 5.95 Å². The Kier molecular flexibility index (Phi) is 8.93. The first-order chi connectivity index (χ1) is 17.2. The van der Waals surface area contributed by atoms with Gasteiger partial charge >= 0.3 is 0 Å². The van der Waals surface area contributed by atoms with Gasteiger partial charge in [0.25, 0.3) is 0 Å². The largest absolute Gasteiger partial charge is 0.493 e. The average Bonchev–Trinajstić information content (AvgIpc) is 3.54. The minimum absolute atomic E-state index is 0.440. The maximum absolute atomic E-state index is 6.12. The molecule has 4 rings (SSSR count). The van der Waals surface area contributed by atoms with E-state index in [9.17, 15) is 0 Å². The summed E-state index contributed by atoms with van der Waals surface area (Å²) >= 11 is 0. The van der Waals surface area contributed by atoms with Crippen LogP contribution in [0.3, 0.4) is 0 Å². The Morgan fingerprint density at radius 3 is 2.63 bits per heavy atom. The molecular formula is C24H35N7O4. The van der Waals surface area contributed by atoms with Crippen molar-refractivity contribution < 1.29 is 18.9 Å². The van der Waals surface area contributed by atoms with Crippen molar-refractivity contribution in [1.29, 1.82) is 0 Å². The van der Waals surface area contributed by atoms with Crippen LogP contribution in [0.5, 0.6) is 11.5 Å². The predicted octanol–water partition coefficient (Wildman–Crippen LogP) is 3.17. The molecule has 3 N–H and O–H groups in total. The van der Waals surface area contributed by atoms with Crippen LogP contribution in [0.1, 0.15) is 25.0 Å². The number of rotatable bonds is 14. The number of H-pyrrole nitrogens is 1. The van der Waals surface area contributed by atoms with Gasteiger partial charge < -0.3 is 34.5 Å². The van der Waals surface area contributed by atoms with Crippen LogP contribution in [0.4, 0.5) is 17.6 Å². The topological polar surface area (TPSA) is 119 Å². The highest BCUT2D eigenvalue weighted by Gasteiger charge is 2.16. The lowest BCUT2D eigenvalue weighted by atomic mass is 10.2. The van der Waals surface area contributed by atoms with Crippen LogP contribution >= 0.6 is 0 Å². The SMILES string of the molecule is COCCNc1nc(Nc2cc(COC)[nH]n2)c2cc(OC)c(OCCCN3CCCC3)cc2n1. The summed E-state index contributed by atoms with van der Waals surface area (Å²) in [6.45, 7) is 5.60. The van der Waals surface area contributed by atoms with Crippen molar-refractivity contribution in [2.45, 2.75) is 25.9 Å². The molecule has 0 spiro atoms. The molecule has 0 amide bonds. The summed E-state index contributed by atoms with van der Waals surface area (Å²) in [6.07, 6.45) is 3.55. The Morgan fingerprint density at radius 2 is 1.86 bits per heavy atom. The van der Waals surface area contributed by atoms with Gasteiger partial charge in [0.15, 0.2) is 17.3 Å². The molecule has 11 heteroatoms. The number of likely N-dealkylation sites (tertiary alicyclic amines) is 1. The number of fused-ring (bicyclic) bond motifs is 1. The van der Waals surface area contributed by atoms with Gasteiger partial charge in [0.1, 0.15) is 5.82 Å². The van der Waals surface area contributed by atoms with E-state index in [-0.39, 0.29) is 0 Å². The molecule has 3 aromatic rings. The lowest BCUT2D eigenvalue weighted by molar-refractivity contribution is 0.181. The number of aromatic nitrogens is 4. The van der Waals surface area contributed by atoms with Crippen molar-refractivity contribution in [2.24, 2.45) is 0 Å². The fraction of sp³-hybridized carbons (Fsp3) is 0.542. The molecule has 0 saturated carbocycles. The minimum atomic E-state index is 0.440. The molecule has 0 radical (unpaired) electrons. The maximum atomic E-state index is 6.12. The van der Waals surface area contributed by atoms with Gasteiger partial charge in [0.05, 0.1) is 38.1 Å². The fourth-order valence-electron chi connectivity index (χ4n) is 4.10. The third-order valence-corrected chi connectivity index (χ3v) is 5.82. The van der Waals surface area contributed by atoms with Crippen LogP contribution in [-0.2, 0) is 16.1 Å². The van der Waals surface area contributed by atoms with E-state index in [4.69, 9.17) is 23.9 Å². The lowest BCUT2D eigenvalue weighted by Crippen LogP contribution is -2.21. The summed E-state index contributed by atoms with van der Waals surface area (Å²) in [7, 11) is 4.94. The molecule has 190 valence electrons. The van der Waals surface area contributed by atoms with Gasteiger partial charge in [-0.05, 0) is 38.4 Å². The summed E-state index contributed by atoms with van der Waals surface area (Å²) in [5.41, 5.74) is 1.58. The van der Waals surface area contributed by atoms with Gasteiger partial charge in [-0.15, -0.1) is 0 Å². The number of nitrogens with one attached hydrogen (secondary N) is 3. The second kappa shape index (κ2) is 12.5. The molecule has 0 aliphatic carbocycles. The number of anilines is 3. The van der Waals surface area contributed by atoms with Crippen molar-refractivity contribution in [1.82, 2.24) is 25.1 Å². The van der Waals surface area contributed by atoms with Crippen molar-refractivity contribution >= 4 is 28.5 Å². The zero-order valence-electron chi connectivity index (χ0n) is 20.7. The van der Waals surface area contributed by atoms with Gasteiger partial charge in [-0.1, -0.05) is 0 Å². The molecule has 1 aliphatic heterocycles. The quantitative estimate of drug-likeness (QED) is 0.294. The van der Waals surface area contributed by atoms with Crippen molar-refractivity contribution in [3.8, 4) is 11.5 Å². The summed E-state index contributed by atoms with van der Waals surface area (Å²) in [4.78, 5) is 11.9. The molecule has 11 nitrogen and oxygen atoms in total. The monoisotopic (exact) mass is 485 g/mol. The third-order valence-electron chi connectivity index (χ3n) is 5.82. The van der Waals surface area contributed by atoms with E-state index in [1.807, 2.05) is 18.2 Å². The Labute approximate surface area is 205 Å². The fourth-order valence-corrected chi connectivity index (χ4v) is 4.10. The maximum Gasteiger partial charge on any atom is 0.225 e. The second-order valence-electron chi connectivity index (χ2n) is 8.42. The molecule has 35 heavy (non-hydrogen) atoms. The normalized spacial score (nSPS) is 13.9. The molecule has 0 unspecified atom stereocenters. The number of hydrogen-bond donors (Lipinski definition) is 3. The Bertz CT molecular complexity index is 1090. The standard InChI is InChI=1S/C24H35N7O4/c1-32-12-7-25-24-26-19-15-21(35-11-6-10-31-8-4-5-9-31)20(34-3)14-18(19)23(28-24)27-22-13-17(16-33-2)29-30-22/h13-15H,4-12,16H2,1-3H3,(H3,25,26,27,28,29,30). The number of benzene rings is 1. The zero-order chi connectivity index (χ0) is 24.5. The molecule has 2 aromatic heterocycles. The summed E-state index contributed by atoms with van der Waals surface area (Å²) < 4.78 is 22.1. The van der Waals surface area contributed by atoms with Crippen LogP contribution < -0.4 is 20.1 Å². The van der Waals surface area contributed by atoms with Gasteiger partial charge in [0, 0.05) is 44.8 Å². The van der Waals surface area contributed by atoms with Gasteiger partial charge in [-0.2, -0.15) is 10.1 Å². The van der Waals surface area contributed by atoms with E-state index >= 15 is 0 Å². The van der Waals surface area contributed by atoms with Crippen molar-refractivity contribution in [3.05, 3.63) is 23.9 Å². The Morgan fingerprint density at radius 1 is 1.00 bits per heavy atom. The van der Waals surface area contributed by atoms with Crippen LogP contribution in [0.25, 0.3) is 10.9 Å². The van der Waals surface area contributed by atoms with E-state index < -0.39 is 0 Å². The molecule has 0 bridgehead atoms. The van der Waals surface area contributed by atoms with Crippen LogP contribution in [0.15, 0.2) is 18.2 Å². The number of methoxy groups -OCH3 is 3. The molecule has 0 atom stereocenters. The molecule has 1 fully saturated rings. The first-order valence-corrected chi connectivity index (χ1v) is 12.0. The smallest absolute Gasteiger partial charge is 0.225 e. The second-order valence-corrected chi connectivity index (χ2v) is 8.42. The van der Waals surface area contributed by atoms with Crippen LogP contribution in [0.2, 0.25) is 0 Å². The Hall–Kier alpha value is -3.15. The minimum Gasteiger partial charge on any atom is -0.493 e. The van der Waals surface area contributed by atoms with Crippen molar-refractivity contribution in [3.63, 3.8) is 0 Å². The van der Waals surface area contributed by atoms with Gasteiger partial charge in [-0.25, -0.2) is 4.98 Å². The molecule has 3 heterocycles. The predicted molar refractivity (Wildman–Crippen MR) is 135 cm³/mol. The van der Waals surface area contributed by atoms with Gasteiger partial charge in [-0.3, -0.25) is 5.10 Å². The molecule has 1 saturated heterocycles. The average molecular weight is 486 g/mol. The molecule has 1 aliphatic rings. The highest BCUT2D eigenvalue weighted by Crippen LogP contribution is 2.35. The number of nitrogens with zero attached hydrogens (tertiary/aromatic N) is 4. The van der Waals surface area contributed by atoms with E-state index in [2.05, 4.69) is 30.7 Å². The van der Waals surface area contributed by atoms with E-state index in [0.29, 0.717) is 55.4 Å². The zero-order valence-corrected chi connectivity index (χ0v) is 20.7. The van der Waals surface area contributed by atoms with Crippen LogP contribution in [-0.4, -0.2) is 85.8 Å². The van der Waals surface area contributed by atoms with E-state index in [1.165, 1.54) is 25.9 Å². The van der Waals surface area contributed by atoms with E-state index in [1.54, 1.807) is 21.3 Å². The first kappa shape index (κ1) is 25.0.